The summed E-state index contributed by atoms with van der Waals surface area (Å²) in [4.78, 5) is 13.1. The Morgan fingerprint density at radius 2 is 1.74 bits per heavy atom. The Bertz CT molecular complexity index is 1010. The lowest BCUT2D eigenvalue weighted by molar-refractivity contribution is -0.126. The highest BCUT2D eigenvalue weighted by molar-refractivity contribution is 7.89. The molecule has 1 aliphatic rings. The Hall–Kier alpha value is -2.78. The normalized spacial score (nSPS) is 17.1. The van der Waals surface area contributed by atoms with Gasteiger partial charge in [0.25, 0.3) is 0 Å². The summed E-state index contributed by atoms with van der Waals surface area (Å²) in [5.41, 5.74) is 0.734. The number of methoxy groups -OCH3 is 3. The third-order valence-corrected chi connectivity index (χ3v) is 7.25. The summed E-state index contributed by atoms with van der Waals surface area (Å²) in [5, 5.41) is 2.91. The first kappa shape index (κ1) is 22.9. The van der Waals surface area contributed by atoms with E-state index in [-0.39, 0.29) is 23.9 Å². The maximum absolute atomic E-state index is 12.9. The van der Waals surface area contributed by atoms with Gasteiger partial charge in [-0.15, -0.1) is 0 Å². The van der Waals surface area contributed by atoms with E-state index in [2.05, 4.69) is 5.32 Å². The van der Waals surface area contributed by atoms with Gasteiger partial charge in [0, 0.05) is 25.2 Å². The van der Waals surface area contributed by atoms with Crippen LogP contribution in [-0.2, 0) is 21.4 Å². The van der Waals surface area contributed by atoms with E-state index >= 15 is 0 Å². The molecule has 0 spiro atoms. The van der Waals surface area contributed by atoms with Gasteiger partial charge in [0.1, 0.15) is 0 Å². The van der Waals surface area contributed by atoms with Gasteiger partial charge in [-0.3, -0.25) is 4.79 Å². The van der Waals surface area contributed by atoms with Crippen LogP contribution in [0.5, 0.6) is 17.2 Å². The van der Waals surface area contributed by atoms with Crippen molar-refractivity contribution in [3.63, 3.8) is 0 Å². The van der Waals surface area contributed by atoms with Crippen LogP contribution in [0.3, 0.4) is 0 Å². The molecule has 8 nitrogen and oxygen atoms in total. The number of sulfonamides is 1. The maximum atomic E-state index is 12.9. The monoisotopic (exact) mass is 448 g/mol. The van der Waals surface area contributed by atoms with Crippen molar-refractivity contribution in [2.45, 2.75) is 24.3 Å². The van der Waals surface area contributed by atoms with E-state index in [1.54, 1.807) is 42.5 Å². The predicted octanol–water partition coefficient (Wildman–Crippen LogP) is 2.43. The van der Waals surface area contributed by atoms with Crippen LogP contribution in [0, 0.1) is 5.92 Å². The Labute approximate surface area is 183 Å². The Morgan fingerprint density at radius 1 is 1.03 bits per heavy atom. The van der Waals surface area contributed by atoms with Crippen molar-refractivity contribution in [2.75, 3.05) is 34.4 Å². The lowest BCUT2D eigenvalue weighted by Gasteiger charge is -2.31. The molecule has 1 fully saturated rings. The fraction of sp³-hybridized carbons (Fsp3) is 0.409. The highest BCUT2D eigenvalue weighted by atomic mass is 32.2. The number of carbonyl (C=O) groups excluding carboxylic acids is 1. The minimum absolute atomic E-state index is 0.159. The molecule has 0 aliphatic carbocycles. The van der Waals surface area contributed by atoms with Gasteiger partial charge in [0.2, 0.25) is 21.7 Å². The zero-order valence-corrected chi connectivity index (χ0v) is 18.8. The van der Waals surface area contributed by atoms with E-state index in [9.17, 15) is 13.2 Å². The Morgan fingerprint density at radius 3 is 2.39 bits per heavy atom. The highest BCUT2D eigenvalue weighted by Gasteiger charge is 2.33. The molecule has 1 saturated heterocycles. The molecule has 0 radical (unpaired) electrons. The van der Waals surface area contributed by atoms with Crippen molar-refractivity contribution in [2.24, 2.45) is 5.92 Å². The van der Waals surface area contributed by atoms with Gasteiger partial charge in [0.15, 0.2) is 11.5 Å². The predicted molar refractivity (Wildman–Crippen MR) is 116 cm³/mol. The standard InChI is InChI=1S/C22H28N2O6S/c1-28-19-12-11-16(20(29-2)21(19)30-3)14-23-22(25)17-8-7-13-24(15-17)31(26,27)18-9-5-4-6-10-18/h4-6,9-12,17H,7-8,13-15H2,1-3H3,(H,23,25)/t17-/m1/s1. The summed E-state index contributed by atoms with van der Waals surface area (Å²) < 4.78 is 43.3. The number of rotatable bonds is 8. The maximum Gasteiger partial charge on any atom is 0.243 e. The van der Waals surface area contributed by atoms with Crippen LogP contribution in [0.4, 0.5) is 0 Å². The zero-order chi connectivity index (χ0) is 22.4. The summed E-state index contributed by atoms with van der Waals surface area (Å²) in [6.45, 7) is 0.793. The van der Waals surface area contributed by atoms with Gasteiger partial charge in [-0.25, -0.2) is 8.42 Å². The smallest absolute Gasteiger partial charge is 0.243 e. The van der Waals surface area contributed by atoms with E-state index in [1.807, 2.05) is 0 Å². The molecule has 0 unspecified atom stereocenters. The quantitative estimate of drug-likeness (QED) is 0.667. The summed E-state index contributed by atoms with van der Waals surface area (Å²) in [5.74, 6) is 0.861. The van der Waals surface area contributed by atoms with Gasteiger partial charge in [-0.2, -0.15) is 4.31 Å². The molecule has 1 heterocycles. The number of benzene rings is 2. The molecule has 1 N–H and O–H groups in total. The molecular formula is C22H28N2O6S. The lowest BCUT2D eigenvalue weighted by Crippen LogP contribution is -2.45. The van der Waals surface area contributed by atoms with Crippen LogP contribution < -0.4 is 19.5 Å². The first-order chi connectivity index (χ1) is 14.9. The van der Waals surface area contributed by atoms with Crippen LogP contribution in [0.15, 0.2) is 47.4 Å². The molecule has 0 bridgehead atoms. The number of piperidine rings is 1. The molecule has 2 aromatic rings. The summed E-state index contributed by atoms with van der Waals surface area (Å²) in [6, 6.07) is 11.8. The minimum Gasteiger partial charge on any atom is -0.493 e. The molecule has 2 aromatic carbocycles. The number of hydrogen-bond donors (Lipinski definition) is 1. The fourth-order valence-electron chi connectivity index (χ4n) is 3.75. The van der Waals surface area contributed by atoms with Crippen LogP contribution in [-0.4, -0.2) is 53.0 Å². The van der Waals surface area contributed by atoms with Crippen molar-refractivity contribution >= 4 is 15.9 Å². The summed E-state index contributed by atoms with van der Waals surface area (Å²) >= 11 is 0. The van der Waals surface area contributed by atoms with Gasteiger partial charge in [0.05, 0.1) is 32.1 Å². The van der Waals surface area contributed by atoms with Crippen LogP contribution >= 0.6 is 0 Å². The van der Waals surface area contributed by atoms with E-state index < -0.39 is 15.9 Å². The van der Waals surface area contributed by atoms with Crippen LogP contribution in [0.1, 0.15) is 18.4 Å². The SMILES string of the molecule is COc1ccc(CNC(=O)[C@@H]2CCCN(S(=O)(=O)c3ccccc3)C2)c(OC)c1OC. The molecule has 0 aromatic heterocycles. The average molecular weight is 449 g/mol. The van der Waals surface area contributed by atoms with Gasteiger partial charge in [-0.05, 0) is 37.1 Å². The average Bonchev–Trinajstić information content (AvgIpc) is 2.82. The number of nitrogens with one attached hydrogen (secondary N) is 1. The number of amides is 1. The molecule has 0 saturated carbocycles. The molecular weight excluding hydrogens is 420 g/mol. The van der Waals surface area contributed by atoms with Crippen molar-refractivity contribution < 1.29 is 27.4 Å². The van der Waals surface area contributed by atoms with Crippen LogP contribution in [0.25, 0.3) is 0 Å². The van der Waals surface area contributed by atoms with Crippen molar-refractivity contribution in [1.29, 1.82) is 0 Å². The van der Waals surface area contributed by atoms with Crippen molar-refractivity contribution in [3.05, 3.63) is 48.0 Å². The number of nitrogens with zero attached hydrogens (tertiary/aromatic N) is 1. The first-order valence-corrected chi connectivity index (χ1v) is 11.5. The minimum atomic E-state index is -3.62. The molecule has 1 aliphatic heterocycles. The molecule has 168 valence electrons. The zero-order valence-electron chi connectivity index (χ0n) is 18.0. The second-order valence-electron chi connectivity index (χ2n) is 7.23. The number of ether oxygens (including phenoxy) is 3. The number of hydrogen-bond acceptors (Lipinski definition) is 6. The van der Waals surface area contributed by atoms with E-state index in [0.29, 0.717) is 36.6 Å². The first-order valence-electron chi connectivity index (χ1n) is 10.0. The topological polar surface area (TPSA) is 94.2 Å². The fourth-order valence-corrected chi connectivity index (χ4v) is 5.29. The third-order valence-electron chi connectivity index (χ3n) is 5.37. The van der Waals surface area contributed by atoms with E-state index in [0.717, 1.165) is 5.56 Å². The van der Waals surface area contributed by atoms with Crippen LogP contribution in [0.2, 0.25) is 0 Å². The molecule has 31 heavy (non-hydrogen) atoms. The lowest BCUT2D eigenvalue weighted by atomic mass is 9.98. The summed E-state index contributed by atoms with van der Waals surface area (Å²) in [7, 11) is 0.963. The second-order valence-corrected chi connectivity index (χ2v) is 9.16. The molecule has 9 heteroatoms. The second kappa shape index (κ2) is 10.0. The Kier molecular flexibility index (Phi) is 7.40. The Balaban J connectivity index is 1.69. The number of carbonyl (C=O) groups is 1. The molecule has 1 amide bonds. The molecule has 3 rings (SSSR count). The third kappa shape index (κ3) is 4.94. The largest absolute Gasteiger partial charge is 0.493 e. The highest BCUT2D eigenvalue weighted by Crippen LogP contribution is 2.39. The van der Waals surface area contributed by atoms with Gasteiger partial charge < -0.3 is 19.5 Å². The molecule has 1 atom stereocenters. The van der Waals surface area contributed by atoms with Crippen molar-refractivity contribution in [3.8, 4) is 17.2 Å². The van der Waals surface area contributed by atoms with Crippen molar-refractivity contribution in [1.82, 2.24) is 9.62 Å². The van der Waals surface area contributed by atoms with E-state index in [4.69, 9.17) is 14.2 Å². The van der Waals surface area contributed by atoms with Gasteiger partial charge in [-0.1, -0.05) is 18.2 Å². The van der Waals surface area contributed by atoms with Gasteiger partial charge >= 0.3 is 0 Å². The summed E-state index contributed by atoms with van der Waals surface area (Å²) in [6.07, 6.45) is 1.26. The van der Waals surface area contributed by atoms with E-state index in [1.165, 1.54) is 25.6 Å².